The third-order valence-corrected chi connectivity index (χ3v) is 9.11. The van der Waals surface area contributed by atoms with Crippen LogP contribution in [0.5, 0.6) is 0 Å². The summed E-state index contributed by atoms with van der Waals surface area (Å²) in [6, 6.07) is 22.7. The minimum Gasteiger partial charge on any atom is -0.335 e. The maximum absolute atomic E-state index is 12.0. The molecular weight excluding hydrogens is 502 g/mol. The van der Waals surface area contributed by atoms with E-state index in [9.17, 15) is 10.1 Å². The van der Waals surface area contributed by atoms with Gasteiger partial charge in [0.1, 0.15) is 0 Å². The van der Waals surface area contributed by atoms with Gasteiger partial charge >= 0.3 is 0 Å². The van der Waals surface area contributed by atoms with Crippen LogP contribution in [0.25, 0.3) is 0 Å². The topological polar surface area (TPSA) is 49.6 Å². The summed E-state index contributed by atoms with van der Waals surface area (Å²) in [5.74, 6) is 0. The maximum atomic E-state index is 12.0. The smallest absolute Gasteiger partial charge is 0.270 e. The fraction of sp³-hybridized carbons (Fsp3) is 0.455. The van der Waals surface area contributed by atoms with Crippen LogP contribution < -0.4 is 4.90 Å². The number of nitro benzene ring substituents is 1. The van der Waals surface area contributed by atoms with Crippen molar-refractivity contribution >= 4 is 28.8 Å². The Balaban J connectivity index is 1.37. The lowest BCUT2D eigenvalue weighted by atomic mass is 10.0. The average molecular weight is 544 g/mol. The Morgan fingerprint density at radius 3 is 1.62 bits per heavy atom. The molecule has 39 heavy (non-hydrogen) atoms. The Hall–Kier alpha value is -2.83. The Morgan fingerprint density at radius 2 is 1.10 bits per heavy atom. The van der Waals surface area contributed by atoms with Crippen LogP contribution >= 0.6 is 11.8 Å². The van der Waals surface area contributed by atoms with E-state index < -0.39 is 0 Å². The SMILES string of the molecule is O=[N+]([O-])c1cc(CN2CCCCCCCCCCCCC2)cc(CN2c3ccccc3Sc3ccccc32)c1. The highest BCUT2D eigenvalue weighted by Gasteiger charge is 2.24. The molecule has 0 atom stereocenters. The molecule has 0 amide bonds. The standard InChI is InChI=1S/C33H41N3O2S/c37-36(38)29-23-27(25-34-20-14-8-6-4-2-1-3-5-7-9-15-21-34)22-28(24-29)26-35-30-16-10-12-18-32(30)39-33-19-13-11-17-31(33)35/h10-13,16-19,22-24H,1-9,14-15,20-21,25-26H2. The molecule has 0 N–H and O–H groups in total. The molecule has 0 unspecified atom stereocenters. The zero-order valence-electron chi connectivity index (χ0n) is 23.0. The minimum atomic E-state index is -0.232. The molecular formula is C33H41N3O2S. The monoisotopic (exact) mass is 543 g/mol. The van der Waals surface area contributed by atoms with Gasteiger partial charge in [-0.1, -0.05) is 99.9 Å². The largest absolute Gasteiger partial charge is 0.335 e. The van der Waals surface area contributed by atoms with Crippen LogP contribution in [-0.4, -0.2) is 22.9 Å². The molecule has 2 aliphatic heterocycles. The van der Waals surface area contributed by atoms with E-state index >= 15 is 0 Å². The molecule has 6 heteroatoms. The van der Waals surface area contributed by atoms with Gasteiger partial charge in [-0.15, -0.1) is 0 Å². The van der Waals surface area contributed by atoms with Crippen molar-refractivity contribution in [2.75, 3.05) is 18.0 Å². The fourth-order valence-electron chi connectivity index (χ4n) is 5.96. The van der Waals surface area contributed by atoms with E-state index in [-0.39, 0.29) is 10.6 Å². The third-order valence-electron chi connectivity index (χ3n) is 7.98. The van der Waals surface area contributed by atoms with Gasteiger partial charge in [0.15, 0.2) is 0 Å². The van der Waals surface area contributed by atoms with Crippen molar-refractivity contribution < 1.29 is 4.92 Å². The second kappa shape index (κ2) is 14.0. The highest BCUT2D eigenvalue weighted by atomic mass is 32.2. The van der Waals surface area contributed by atoms with Gasteiger partial charge in [-0.3, -0.25) is 15.0 Å². The molecule has 5 rings (SSSR count). The molecule has 0 aromatic heterocycles. The number of nitro groups is 1. The van der Waals surface area contributed by atoms with Crippen LogP contribution in [0.1, 0.15) is 81.8 Å². The quantitative estimate of drug-likeness (QED) is 0.237. The highest BCUT2D eigenvalue weighted by molar-refractivity contribution is 7.99. The molecule has 0 bridgehead atoms. The zero-order chi connectivity index (χ0) is 26.9. The number of para-hydroxylation sites is 2. The molecule has 1 fully saturated rings. The first kappa shape index (κ1) is 27.7. The number of hydrogen-bond acceptors (Lipinski definition) is 5. The van der Waals surface area contributed by atoms with Crippen molar-refractivity contribution in [3.05, 3.63) is 88.0 Å². The van der Waals surface area contributed by atoms with Crippen molar-refractivity contribution in [1.82, 2.24) is 4.90 Å². The molecule has 1 saturated heterocycles. The number of hydrogen-bond donors (Lipinski definition) is 0. The Labute approximate surface area is 237 Å². The van der Waals surface area contributed by atoms with Crippen LogP contribution in [-0.2, 0) is 13.1 Å². The summed E-state index contributed by atoms with van der Waals surface area (Å²) in [6.07, 6.45) is 14.5. The number of rotatable bonds is 5. The first-order chi connectivity index (χ1) is 19.2. The van der Waals surface area contributed by atoms with E-state index in [2.05, 4.69) is 64.4 Å². The molecule has 0 radical (unpaired) electrons. The minimum absolute atomic E-state index is 0.192. The summed E-state index contributed by atoms with van der Waals surface area (Å²) < 4.78 is 0. The first-order valence-corrected chi connectivity index (χ1v) is 15.6. The Bertz CT molecular complexity index is 1190. The van der Waals surface area contributed by atoms with Crippen LogP contribution in [0, 0.1) is 10.1 Å². The van der Waals surface area contributed by atoms with E-state index in [4.69, 9.17) is 0 Å². The molecule has 2 heterocycles. The third kappa shape index (κ3) is 7.64. The maximum Gasteiger partial charge on any atom is 0.270 e. The summed E-state index contributed by atoms with van der Waals surface area (Å²) in [6.45, 7) is 3.52. The first-order valence-electron chi connectivity index (χ1n) is 14.8. The lowest BCUT2D eigenvalue weighted by Crippen LogP contribution is -2.26. The van der Waals surface area contributed by atoms with E-state index in [1.54, 1.807) is 23.9 Å². The van der Waals surface area contributed by atoms with Gasteiger partial charge in [-0.2, -0.15) is 0 Å². The van der Waals surface area contributed by atoms with E-state index in [1.165, 1.54) is 80.4 Å². The second-order valence-electron chi connectivity index (χ2n) is 11.1. The van der Waals surface area contributed by atoms with Crippen molar-refractivity contribution in [1.29, 1.82) is 0 Å². The van der Waals surface area contributed by atoms with Gasteiger partial charge in [0.05, 0.1) is 16.3 Å². The van der Waals surface area contributed by atoms with Crippen LogP contribution in [0.4, 0.5) is 17.1 Å². The normalized spacial score (nSPS) is 17.6. The van der Waals surface area contributed by atoms with Crippen LogP contribution in [0.15, 0.2) is 76.5 Å². The molecule has 2 aliphatic rings. The molecule has 206 valence electrons. The van der Waals surface area contributed by atoms with Gasteiger partial charge in [-0.05, 0) is 61.3 Å². The van der Waals surface area contributed by atoms with Crippen molar-refractivity contribution in [3.63, 3.8) is 0 Å². The molecule has 0 aliphatic carbocycles. The van der Waals surface area contributed by atoms with Crippen LogP contribution in [0.3, 0.4) is 0 Å². The van der Waals surface area contributed by atoms with Crippen LogP contribution in [0.2, 0.25) is 0 Å². The Kier molecular flexibility index (Phi) is 9.95. The number of nitrogens with zero attached hydrogens (tertiary/aromatic N) is 3. The lowest BCUT2D eigenvalue weighted by molar-refractivity contribution is -0.385. The molecule has 0 spiro atoms. The second-order valence-corrected chi connectivity index (χ2v) is 12.1. The predicted molar refractivity (Wildman–Crippen MR) is 162 cm³/mol. The van der Waals surface area contributed by atoms with E-state index in [1.807, 2.05) is 0 Å². The summed E-state index contributed by atoms with van der Waals surface area (Å²) >= 11 is 1.79. The predicted octanol–water partition coefficient (Wildman–Crippen LogP) is 9.50. The summed E-state index contributed by atoms with van der Waals surface area (Å²) in [4.78, 5) is 19.0. The summed E-state index contributed by atoms with van der Waals surface area (Å²) in [7, 11) is 0. The van der Waals surface area contributed by atoms with Gasteiger partial charge in [-0.25, -0.2) is 0 Å². The number of benzene rings is 3. The molecule has 5 nitrogen and oxygen atoms in total. The van der Waals surface area contributed by atoms with Gasteiger partial charge in [0.2, 0.25) is 0 Å². The summed E-state index contributed by atoms with van der Waals surface area (Å²) in [5, 5.41) is 12.0. The van der Waals surface area contributed by atoms with Gasteiger partial charge in [0.25, 0.3) is 5.69 Å². The van der Waals surface area contributed by atoms with Crippen molar-refractivity contribution in [3.8, 4) is 0 Å². The summed E-state index contributed by atoms with van der Waals surface area (Å²) in [5.41, 5.74) is 4.54. The number of fused-ring (bicyclic) bond motifs is 2. The Morgan fingerprint density at radius 1 is 0.641 bits per heavy atom. The van der Waals surface area contributed by atoms with Crippen molar-refractivity contribution in [2.24, 2.45) is 0 Å². The van der Waals surface area contributed by atoms with Gasteiger partial charge < -0.3 is 4.90 Å². The van der Waals surface area contributed by atoms with Crippen molar-refractivity contribution in [2.45, 2.75) is 93.5 Å². The zero-order valence-corrected chi connectivity index (χ0v) is 23.8. The molecule has 3 aromatic rings. The average Bonchev–Trinajstić information content (AvgIpc) is 2.95. The molecule has 3 aromatic carbocycles. The molecule has 0 saturated carbocycles. The fourth-order valence-corrected chi connectivity index (χ4v) is 7.05. The van der Waals surface area contributed by atoms with Gasteiger partial charge in [0, 0.05) is 35.0 Å². The highest BCUT2D eigenvalue weighted by Crippen LogP contribution is 2.48. The van der Waals surface area contributed by atoms with E-state index in [0.29, 0.717) is 6.54 Å². The number of non-ortho nitro benzene ring substituents is 1. The lowest BCUT2D eigenvalue weighted by Gasteiger charge is -2.33. The van der Waals surface area contributed by atoms with E-state index in [0.717, 1.165) is 42.1 Å². The number of anilines is 2.